The molecule has 0 amide bonds. The van der Waals surface area contributed by atoms with Crippen molar-refractivity contribution in [1.29, 1.82) is 0 Å². The van der Waals surface area contributed by atoms with E-state index in [9.17, 15) is 14.3 Å². The second kappa shape index (κ2) is 4.95. The third kappa shape index (κ3) is 2.38. The van der Waals surface area contributed by atoms with Gasteiger partial charge in [0.25, 0.3) is 5.69 Å². The summed E-state index contributed by atoms with van der Waals surface area (Å²) in [6.07, 6.45) is 0.878. The highest BCUT2D eigenvalue weighted by atomic mass is 32.2. The van der Waals surface area contributed by atoms with Gasteiger partial charge in [0.05, 0.1) is 31.2 Å². The number of nitro benzene ring substituents is 1. The molecule has 0 aliphatic carbocycles. The second-order valence-corrected chi connectivity index (χ2v) is 7.24. The van der Waals surface area contributed by atoms with Gasteiger partial charge in [0.2, 0.25) is 0 Å². The van der Waals surface area contributed by atoms with Gasteiger partial charge in [-0.3, -0.25) is 14.3 Å². The number of hydrogen-bond acceptors (Lipinski definition) is 6. The zero-order valence-corrected chi connectivity index (χ0v) is 11.5. The largest absolute Gasteiger partial charge is 0.315 e. The van der Waals surface area contributed by atoms with Crippen LogP contribution in [0.5, 0.6) is 0 Å². The molecule has 0 radical (unpaired) electrons. The Hall–Kier alpha value is -1.38. The van der Waals surface area contributed by atoms with Gasteiger partial charge < -0.3 is 5.32 Å². The third-order valence-corrected chi connectivity index (χ3v) is 6.07. The maximum Gasteiger partial charge on any atom is 0.271 e. The van der Waals surface area contributed by atoms with Gasteiger partial charge in [-0.15, -0.1) is 11.3 Å². The zero-order valence-electron chi connectivity index (χ0n) is 9.87. The lowest BCUT2D eigenvalue weighted by molar-refractivity contribution is -0.384. The molecule has 2 aromatic rings. The summed E-state index contributed by atoms with van der Waals surface area (Å²) in [6, 6.07) is 4.54. The summed E-state index contributed by atoms with van der Waals surface area (Å²) in [7, 11) is -1.13. The van der Waals surface area contributed by atoms with Crippen molar-refractivity contribution in [3.8, 4) is 0 Å². The minimum absolute atomic E-state index is 0.0117. The van der Waals surface area contributed by atoms with Crippen LogP contribution >= 0.6 is 11.3 Å². The van der Waals surface area contributed by atoms with E-state index in [4.69, 9.17) is 0 Å². The molecule has 1 aliphatic heterocycles. The second-order valence-electron chi connectivity index (χ2n) is 4.30. The molecule has 1 N–H and O–H groups in total. The monoisotopic (exact) mass is 297 g/mol. The van der Waals surface area contributed by atoms with E-state index in [0.717, 1.165) is 24.2 Å². The van der Waals surface area contributed by atoms with Crippen molar-refractivity contribution in [3.63, 3.8) is 0 Å². The highest BCUT2D eigenvalue weighted by Gasteiger charge is 2.25. The number of nitrogens with zero attached hydrogens (tertiary/aromatic N) is 2. The van der Waals surface area contributed by atoms with E-state index in [0.29, 0.717) is 9.86 Å². The van der Waals surface area contributed by atoms with Crippen LogP contribution in [0.1, 0.15) is 6.42 Å². The van der Waals surface area contributed by atoms with Gasteiger partial charge in [-0.1, -0.05) is 0 Å². The first-order chi connectivity index (χ1) is 9.15. The molecule has 0 saturated carbocycles. The molecule has 1 aromatic carbocycles. The topological polar surface area (TPSA) is 85.1 Å². The maximum absolute atomic E-state index is 12.3. The highest BCUT2D eigenvalue weighted by molar-refractivity contribution is 7.88. The van der Waals surface area contributed by atoms with Gasteiger partial charge in [-0.2, -0.15) is 0 Å². The van der Waals surface area contributed by atoms with Crippen LogP contribution in [-0.4, -0.2) is 32.5 Å². The smallest absolute Gasteiger partial charge is 0.271 e. The predicted octanol–water partition coefficient (Wildman–Crippen LogP) is 1.67. The van der Waals surface area contributed by atoms with Crippen molar-refractivity contribution >= 4 is 38.0 Å². The molecule has 1 aromatic heterocycles. The maximum atomic E-state index is 12.3. The first-order valence-electron chi connectivity index (χ1n) is 5.81. The van der Waals surface area contributed by atoms with E-state index >= 15 is 0 Å². The Morgan fingerprint density at radius 1 is 1.53 bits per heavy atom. The highest BCUT2D eigenvalue weighted by Crippen LogP contribution is 2.29. The Kier molecular flexibility index (Phi) is 3.29. The number of non-ortho nitro benzene ring substituents is 1. The van der Waals surface area contributed by atoms with Crippen LogP contribution in [0.2, 0.25) is 0 Å². The van der Waals surface area contributed by atoms with E-state index in [1.54, 1.807) is 6.07 Å². The fraction of sp³-hybridized carbons (Fsp3) is 0.364. The molecule has 2 atom stereocenters. The minimum Gasteiger partial charge on any atom is -0.315 e. The first kappa shape index (κ1) is 12.6. The van der Waals surface area contributed by atoms with Crippen LogP contribution in [0, 0.1) is 10.1 Å². The van der Waals surface area contributed by atoms with Gasteiger partial charge in [0, 0.05) is 18.7 Å². The van der Waals surface area contributed by atoms with E-state index in [1.807, 2.05) is 0 Å². The quantitative estimate of drug-likeness (QED) is 0.688. The molecule has 19 heavy (non-hydrogen) atoms. The Bertz CT molecular complexity index is 664. The Morgan fingerprint density at radius 2 is 2.37 bits per heavy atom. The van der Waals surface area contributed by atoms with E-state index in [-0.39, 0.29) is 10.9 Å². The van der Waals surface area contributed by atoms with Crippen molar-refractivity contribution in [2.75, 3.05) is 13.1 Å². The molecule has 1 saturated heterocycles. The van der Waals surface area contributed by atoms with E-state index < -0.39 is 15.7 Å². The molecule has 2 heterocycles. The molecule has 0 bridgehead atoms. The van der Waals surface area contributed by atoms with Crippen molar-refractivity contribution in [3.05, 3.63) is 28.3 Å². The predicted molar refractivity (Wildman–Crippen MR) is 74.0 cm³/mol. The van der Waals surface area contributed by atoms with Gasteiger partial charge >= 0.3 is 0 Å². The van der Waals surface area contributed by atoms with Crippen LogP contribution < -0.4 is 5.32 Å². The minimum atomic E-state index is -1.13. The van der Waals surface area contributed by atoms with Crippen molar-refractivity contribution in [1.82, 2.24) is 10.3 Å². The van der Waals surface area contributed by atoms with Gasteiger partial charge in [0.1, 0.15) is 0 Å². The number of benzene rings is 1. The number of nitrogens with one attached hydrogen (secondary N) is 1. The van der Waals surface area contributed by atoms with Crippen molar-refractivity contribution in [2.24, 2.45) is 0 Å². The number of rotatable bonds is 3. The molecule has 1 aliphatic rings. The summed E-state index contributed by atoms with van der Waals surface area (Å²) in [4.78, 5) is 14.5. The number of thiazole rings is 1. The summed E-state index contributed by atoms with van der Waals surface area (Å²) in [5, 5.41) is 14.0. The van der Waals surface area contributed by atoms with Crippen molar-refractivity contribution in [2.45, 2.75) is 16.0 Å². The van der Waals surface area contributed by atoms with Crippen LogP contribution in [0.4, 0.5) is 5.69 Å². The molecule has 8 heteroatoms. The van der Waals surface area contributed by atoms with Gasteiger partial charge in [-0.25, -0.2) is 4.98 Å². The summed E-state index contributed by atoms with van der Waals surface area (Å²) < 4.78 is 13.7. The number of fused-ring (bicyclic) bond motifs is 1. The molecule has 0 spiro atoms. The summed E-state index contributed by atoms with van der Waals surface area (Å²) in [5.41, 5.74) is 0.561. The van der Waals surface area contributed by atoms with Gasteiger partial charge in [-0.05, 0) is 19.0 Å². The lowest BCUT2D eigenvalue weighted by Gasteiger charge is -2.03. The molecule has 0 unspecified atom stereocenters. The van der Waals surface area contributed by atoms with Crippen LogP contribution in [0.3, 0.4) is 0 Å². The normalized spacial score (nSPS) is 20.7. The molecule has 100 valence electrons. The fourth-order valence-corrected chi connectivity index (χ4v) is 4.81. The summed E-state index contributed by atoms with van der Waals surface area (Å²) in [5.74, 6) is 0. The van der Waals surface area contributed by atoms with E-state index in [1.165, 1.54) is 23.5 Å². The van der Waals surface area contributed by atoms with Crippen LogP contribution in [-0.2, 0) is 10.8 Å². The van der Waals surface area contributed by atoms with E-state index in [2.05, 4.69) is 10.3 Å². The molecule has 3 rings (SSSR count). The Balaban J connectivity index is 1.96. The average molecular weight is 297 g/mol. The third-order valence-electron chi connectivity index (χ3n) is 3.05. The zero-order chi connectivity index (χ0) is 13.4. The standard InChI is InChI=1S/C11H11N3O3S2/c15-14(16)7-1-2-10-9(5-7)13-11(18-10)19(17)8-3-4-12-6-8/h1-2,5,8,12H,3-4,6H2/t8-,19-/m1/s1. The average Bonchev–Trinajstić information content (AvgIpc) is 3.06. The van der Waals surface area contributed by atoms with Gasteiger partial charge in [0.15, 0.2) is 4.34 Å². The number of hydrogen-bond donors (Lipinski definition) is 1. The Labute approximate surface area is 115 Å². The number of nitro groups is 1. The summed E-state index contributed by atoms with van der Waals surface area (Å²) >= 11 is 1.35. The van der Waals surface area contributed by atoms with Crippen LogP contribution in [0.15, 0.2) is 22.5 Å². The Morgan fingerprint density at radius 3 is 3.05 bits per heavy atom. The molecule has 6 nitrogen and oxygen atoms in total. The summed E-state index contributed by atoms with van der Waals surface area (Å²) in [6.45, 7) is 1.62. The van der Waals surface area contributed by atoms with Crippen LogP contribution in [0.25, 0.3) is 10.2 Å². The number of aromatic nitrogens is 1. The molecule has 1 fully saturated rings. The first-order valence-corrected chi connectivity index (χ1v) is 7.84. The molecular formula is C11H11N3O3S2. The fourth-order valence-electron chi connectivity index (χ4n) is 2.05. The SMILES string of the molecule is O=[N+]([O-])c1ccc2sc([S@](=O)[C@@H]3CCNC3)nc2c1. The lowest BCUT2D eigenvalue weighted by Crippen LogP contribution is -2.18. The lowest BCUT2D eigenvalue weighted by atomic mass is 10.3. The molecular weight excluding hydrogens is 286 g/mol. The van der Waals surface area contributed by atoms with Crippen molar-refractivity contribution < 1.29 is 9.13 Å².